The fraction of sp³-hybridized carbons (Fsp3) is 0.462. The highest BCUT2D eigenvalue weighted by atomic mass is 35.5. The summed E-state index contributed by atoms with van der Waals surface area (Å²) in [6.45, 7) is 2.24. The summed E-state index contributed by atoms with van der Waals surface area (Å²) in [6, 6.07) is 5.50. The SMILES string of the molecule is COCCNC(=O)CCNCc1cccc(Cl)c1Cl. The summed E-state index contributed by atoms with van der Waals surface area (Å²) in [5, 5.41) is 7.00. The van der Waals surface area contributed by atoms with Crippen LogP contribution < -0.4 is 10.6 Å². The van der Waals surface area contributed by atoms with E-state index in [2.05, 4.69) is 10.6 Å². The molecule has 0 saturated heterocycles. The highest BCUT2D eigenvalue weighted by molar-refractivity contribution is 6.42. The number of benzene rings is 1. The molecule has 0 aromatic heterocycles. The van der Waals surface area contributed by atoms with Gasteiger partial charge in [-0.05, 0) is 11.6 Å². The first-order valence-corrected chi connectivity index (χ1v) is 6.80. The van der Waals surface area contributed by atoms with E-state index in [0.717, 1.165) is 5.56 Å². The summed E-state index contributed by atoms with van der Waals surface area (Å²) in [7, 11) is 1.60. The second kappa shape index (κ2) is 9.15. The van der Waals surface area contributed by atoms with Gasteiger partial charge in [0.15, 0.2) is 0 Å². The highest BCUT2D eigenvalue weighted by Gasteiger charge is 2.04. The summed E-state index contributed by atoms with van der Waals surface area (Å²) in [5.74, 6) is 0.00161. The van der Waals surface area contributed by atoms with E-state index >= 15 is 0 Å². The van der Waals surface area contributed by atoms with E-state index in [1.807, 2.05) is 12.1 Å². The van der Waals surface area contributed by atoms with Gasteiger partial charge in [-0.15, -0.1) is 0 Å². The molecule has 1 amide bonds. The maximum absolute atomic E-state index is 11.4. The number of nitrogens with one attached hydrogen (secondary N) is 2. The topological polar surface area (TPSA) is 50.4 Å². The molecule has 2 N–H and O–H groups in total. The summed E-state index contributed by atoms with van der Waals surface area (Å²) in [5.41, 5.74) is 0.925. The van der Waals surface area contributed by atoms with Gasteiger partial charge in [0.1, 0.15) is 0 Å². The average molecular weight is 305 g/mol. The van der Waals surface area contributed by atoms with Gasteiger partial charge in [-0.2, -0.15) is 0 Å². The number of hydrogen-bond donors (Lipinski definition) is 2. The van der Waals surface area contributed by atoms with Crippen molar-refractivity contribution < 1.29 is 9.53 Å². The molecule has 19 heavy (non-hydrogen) atoms. The van der Waals surface area contributed by atoms with E-state index in [1.54, 1.807) is 13.2 Å². The van der Waals surface area contributed by atoms with Crippen molar-refractivity contribution in [1.82, 2.24) is 10.6 Å². The molecule has 0 bridgehead atoms. The molecule has 6 heteroatoms. The maximum atomic E-state index is 11.4. The molecule has 0 saturated carbocycles. The van der Waals surface area contributed by atoms with Crippen LogP contribution in [0.2, 0.25) is 10.0 Å². The van der Waals surface area contributed by atoms with Crippen LogP contribution in [0.5, 0.6) is 0 Å². The first kappa shape index (κ1) is 16.2. The molecule has 0 spiro atoms. The van der Waals surface area contributed by atoms with E-state index < -0.39 is 0 Å². The van der Waals surface area contributed by atoms with Crippen LogP contribution in [0.1, 0.15) is 12.0 Å². The van der Waals surface area contributed by atoms with E-state index in [0.29, 0.717) is 42.7 Å². The summed E-state index contributed by atoms with van der Waals surface area (Å²) >= 11 is 12.0. The zero-order valence-electron chi connectivity index (χ0n) is 10.8. The van der Waals surface area contributed by atoms with Gasteiger partial charge >= 0.3 is 0 Å². The Labute approximate surface area is 123 Å². The molecule has 0 fully saturated rings. The van der Waals surface area contributed by atoms with Crippen LogP contribution in [0.3, 0.4) is 0 Å². The number of amides is 1. The molecule has 0 aliphatic rings. The fourth-order valence-corrected chi connectivity index (χ4v) is 1.88. The van der Waals surface area contributed by atoms with Gasteiger partial charge in [-0.3, -0.25) is 4.79 Å². The van der Waals surface area contributed by atoms with Crippen LogP contribution in [0, 0.1) is 0 Å². The van der Waals surface area contributed by atoms with Gasteiger partial charge in [0.05, 0.1) is 16.7 Å². The van der Waals surface area contributed by atoms with E-state index in [4.69, 9.17) is 27.9 Å². The molecule has 0 aliphatic heterocycles. The Balaban J connectivity index is 2.20. The van der Waals surface area contributed by atoms with Crippen LogP contribution in [0.25, 0.3) is 0 Å². The summed E-state index contributed by atoms with van der Waals surface area (Å²) < 4.78 is 4.84. The van der Waals surface area contributed by atoms with Gasteiger partial charge in [0, 0.05) is 33.2 Å². The van der Waals surface area contributed by atoms with Gasteiger partial charge in [0.25, 0.3) is 0 Å². The Kier molecular flexibility index (Phi) is 7.82. The van der Waals surface area contributed by atoms with Crippen molar-refractivity contribution in [2.45, 2.75) is 13.0 Å². The molecule has 1 aromatic carbocycles. The van der Waals surface area contributed by atoms with Gasteiger partial charge < -0.3 is 15.4 Å². The lowest BCUT2D eigenvalue weighted by Crippen LogP contribution is -2.29. The molecule has 106 valence electrons. The fourth-order valence-electron chi connectivity index (χ4n) is 1.49. The number of rotatable bonds is 8. The van der Waals surface area contributed by atoms with Crippen LogP contribution >= 0.6 is 23.2 Å². The third kappa shape index (κ3) is 6.25. The maximum Gasteiger partial charge on any atom is 0.221 e. The van der Waals surface area contributed by atoms with Gasteiger partial charge in [-0.25, -0.2) is 0 Å². The lowest BCUT2D eigenvalue weighted by molar-refractivity contribution is -0.121. The van der Waals surface area contributed by atoms with Crippen molar-refractivity contribution in [3.63, 3.8) is 0 Å². The molecule has 0 aliphatic carbocycles. The molecular formula is C13H18Cl2N2O2. The first-order chi connectivity index (χ1) is 9.15. The third-order valence-electron chi connectivity index (χ3n) is 2.50. The predicted octanol–water partition coefficient (Wildman–Crippen LogP) is 2.24. The molecule has 1 rings (SSSR count). The number of carbonyl (C=O) groups excluding carboxylic acids is 1. The van der Waals surface area contributed by atoms with E-state index in [1.165, 1.54) is 0 Å². The van der Waals surface area contributed by atoms with Crippen molar-refractivity contribution >= 4 is 29.1 Å². The average Bonchev–Trinajstić information content (AvgIpc) is 2.39. The second-order valence-corrected chi connectivity index (χ2v) is 4.77. The molecule has 0 atom stereocenters. The van der Waals surface area contributed by atoms with Crippen LogP contribution in [0.4, 0.5) is 0 Å². The van der Waals surface area contributed by atoms with Gasteiger partial charge in [-0.1, -0.05) is 35.3 Å². The van der Waals surface area contributed by atoms with Crippen molar-refractivity contribution in [3.05, 3.63) is 33.8 Å². The van der Waals surface area contributed by atoms with Crippen molar-refractivity contribution in [2.75, 3.05) is 26.8 Å². The number of carbonyl (C=O) groups is 1. The van der Waals surface area contributed by atoms with Crippen LogP contribution in [-0.2, 0) is 16.1 Å². The summed E-state index contributed by atoms with van der Waals surface area (Å²) in [6.07, 6.45) is 0.419. The van der Waals surface area contributed by atoms with Crippen LogP contribution in [0.15, 0.2) is 18.2 Å². The zero-order valence-corrected chi connectivity index (χ0v) is 12.4. The predicted molar refractivity (Wildman–Crippen MR) is 77.7 cm³/mol. The van der Waals surface area contributed by atoms with E-state index in [9.17, 15) is 4.79 Å². The van der Waals surface area contributed by atoms with Gasteiger partial charge in [0.2, 0.25) is 5.91 Å². The van der Waals surface area contributed by atoms with E-state index in [-0.39, 0.29) is 5.91 Å². The minimum atomic E-state index is 0.00161. The second-order valence-electron chi connectivity index (χ2n) is 3.98. The number of halogens is 2. The molecule has 1 aromatic rings. The van der Waals surface area contributed by atoms with Crippen molar-refractivity contribution in [3.8, 4) is 0 Å². The normalized spacial score (nSPS) is 10.5. The number of methoxy groups -OCH3 is 1. The Morgan fingerprint density at radius 1 is 1.32 bits per heavy atom. The third-order valence-corrected chi connectivity index (χ3v) is 3.36. The van der Waals surface area contributed by atoms with Crippen molar-refractivity contribution in [1.29, 1.82) is 0 Å². The van der Waals surface area contributed by atoms with Crippen molar-refractivity contribution in [2.24, 2.45) is 0 Å². The minimum Gasteiger partial charge on any atom is -0.383 e. The lowest BCUT2D eigenvalue weighted by Gasteiger charge is -2.08. The first-order valence-electron chi connectivity index (χ1n) is 6.04. The Bertz CT molecular complexity index is 414. The zero-order chi connectivity index (χ0) is 14.1. The molecule has 0 radical (unpaired) electrons. The van der Waals surface area contributed by atoms with Crippen LogP contribution in [-0.4, -0.2) is 32.7 Å². The number of ether oxygens (including phenoxy) is 1. The highest BCUT2D eigenvalue weighted by Crippen LogP contribution is 2.25. The monoisotopic (exact) mass is 304 g/mol. The minimum absolute atomic E-state index is 0.00161. The largest absolute Gasteiger partial charge is 0.383 e. The Hall–Kier alpha value is -0.810. The number of hydrogen-bond acceptors (Lipinski definition) is 3. The molecular weight excluding hydrogens is 287 g/mol. The lowest BCUT2D eigenvalue weighted by atomic mass is 10.2. The molecule has 4 nitrogen and oxygen atoms in total. The Morgan fingerprint density at radius 2 is 2.11 bits per heavy atom. The Morgan fingerprint density at radius 3 is 2.84 bits per heavy atom. The standard InChI is InChI=1S/C13H18Cl2N2O2/c1-19-8-7-17-12(18)5-6-16-9-10-3-2-4-11(14)13(10)15/h2-4,16H,5-9H2,1H3,(H,17,18). The molecule has 0 heterocycles. The quantitative estimate of drug-likeness (QED) is 0.724. The summed E-state index contributed by atoms with van der Waals surface area (Å²) in [4.78, 5) is 11.4. The smallest absolute Gasteiger partial charge is 0.221 e. The molecule has 0 unspecified atom stereocenters.